The maximum atomic E-state index is 10.5. The van der Waals surface area contributed by atoms with Gasteiger partial charge in [0.1, 0.15) is 6.04 Å². The molecule has 0 fully saturated rings. The van der Waals surface area contributed by atoms with Crippen LogP contribution in [0.1, 0.15) is 12.0 Å². The molecule has 0 aliphatic rings. The second-order valence-corrected chi connectivity index (χ2v) is 3.12. The highest BCUT2D eigenvalue weighted by Gasteiger charge is 2.13. The first-order chi connectivity index (χ1) is 6.61. The highest BCUT2D eigenvalue weighted by molar-refractivity contribution is 5.77. The van der Waals surface area contributed by atoms with Gasteiger partial charge in [0.2, 0.25) is 0 Å². The molecule has 1 aromatic rings. The van der Waals surface area contributed by atoms with E-state index in [1.165, 1.54) is 0 Å². The van der Waals surface area contributed by atoms with Gasteiger partial charge in [-0.05, 0) is 17.6 Å². The number of nitrogens with two attached hydrogens (primary N) is 1. The number of carbonyl (C=O) groups is 1. The highest BCUT2D eigenvalue weighted by Crippen LogP contribution is 2.16. The minimum absolute atomic E-state index is 0.277. The largest absolute Gasteiger partial charge is 0.480 e. The van der Waals surface area contributed by atoms with Crippen molar-refractivity contribution in [1.29, 1.82) is 0 Å². The van der Waals surface area contributed by atoms with Crippen LogP contribution in [0.15, 0.2) is 36.9 Å². The summed E-state index contributed by atoms with van der Waals surface area (Å²) in [5.74, 6) is -0.998. The molecule has 1 rings (SSSR count). The van der Waals surface area contributed by atoms with Crippen LogP contribution in [0.4, 0.5) is 0 Å². The lowest BCUT2D eigenvalue weighted by Crippen LogP contribution is -2.30. The molecule has 0 aliphatic carbocycles. The summed E-state index contributed by atoms with van der Waals surface area (Å²) < 4.78 is 0. The normalized spacial score (nSPS) is 12.1. The van der Waals surface area contributed by atoms with Crippen LogP contribution in [0.5, 0.6) is 0 Å². The van der Waals surface area contributed by atoms with Gasteiger partial charge < -0.3 is 10.8 Å². The van der Waals surface area contributed by atoms with Crippen LogP contribution in [0.3, 0.4) is 0 Å². The molecule has 1 atom stereocenters. The zero-order valence-corrected chi connectivity index (χ0v) is 7.81. The number of carboxylic acid groups (broad SMARTS) is 1. The molecular weight excluding hydrogens is 178 g/mol. The molecular formula is C11H13NO2. The van der Waals surface area contributed by atoms with E-state index in [9.17, 15) is 4.79 Å². The lowest BCUT2D eigenvalue weighted by atomic mass is 10.0. The number of carboxylic acids is 1. The lowest BCUT2D eigenvalue weighted by Gasteiger charge is -2.08. The van der Waals surface area contributed by atoms with Gasteiger partial charge in [-0.25, -0.2) is 0 Å². The first kappa shape index (κ1) is 10.5. The average Bonchev–Trinajstić information content (AvgIpc) is 2.19. The monoisotopic (exact) mass is 191 g/mol. The molecule has 1 aromatic carbocycles. The summed E-state index contributed by atoms with van der Waals surface area (Å²) in [4.78, 5) is 10.5. The first-order valence-electron chi connectivity index (χ1n) is 4.33. The standard InChI is InChI=1S/C11H13NO2/c1-8(7-10(12)11(13)14)9-5-3-2-4-6-9/h2-6,10H,1,7,12H2,(H,13,14)/t10-/m1/s1. The number of hydrogen-bond acceptors (Lipinski definition) is 2. The van der Waals surface area contributed by atoms with Gasteiger partial charge in [0, 0.05) is 0 Å². The zero-order valence-electron chi connectivity index (χ0n) is 7.81. The van der Waals surface area contributed by atoms with E-state index in [2.05, 4.69) is 6.58 Å². The summed E-state index contributed by atoms with van der Waals surface area (Å²) in [6.45, 7) is 3.80. The third-order valence-electron chi connectivity index (χ3n) is 1.97. The smallest absolute Gasteiger partial charge is 0.320 e. The van der Waals surface area contributed by atoms with Crippen molar-refractivity contribution >= 4 is 11.5 Å². The van der Waals surface area contributed by atoms with Crippen molar-refractivity contribution < 1.29 is 9.90 Å². The minimum atomic E-state index is -0.998. The fourth-order valence-corrected chi connectivity index (χ4v) is 1.14. The molecule has 0 aliphatic heterocycles. The van der Waals surface area contributed by atoms with Gasteiger partial charge >= 0.3 is 5.97 Å². The molecule has 0 spiro atoms. The van der Waals surface area contributed by atoms with E-state index in [4.69, 9.17) is 10.8 Å². The van der Waals surface area contributed by atoms with E-state index >= 15 is 0 Å². The maximum Gasteiger partial charge on any atom is 0.320 e. The highest BCUT2D eigenvalue weighted by atomic mass is 16.4. The van der Waals surface area contributed by atoms with Crippen LogP contribution in [-0.2, 0) is 4.79 Å². The van der Waals surface area contributed by atoms with Gasteiger partial charge in [-0.1, -0.05) is 36.9 Å². The summed E-state index contributed by atoms with van der Waals surface area (Å²) >= 11 is 0. The molecule has 0 saturated carbocycles. The van der Waals surface area contributed by atoms with E-state index in [0.717, 1.165) is 11.1 Å². The summed E-state index contributed by atoms with van der Waals surface area (Å²) in [6.07, 6.45) is 0.277. The fraction of sp³-hybridized carbons (Fsp3) is 0.182. The molecule has 3 heteroatoms. The van der Waals surface area contributed by atoms with Gasteiger partial charge in [-0.3, -0.25) is 4.79 Å². The number of rotatable bonds is 4. The first-order valence-corrected chi connectivity index (χ1v) is 4.33. The minimum Gasteiger partial charge on any atom is -0.480 e. The van der Waals surface area contributed by atoms with Gasteiger partial charge in [-0.2, -0.15) is 0 Å². The van der Waals surface area contributed by atoms with Crippen molar-refractivity contribution in [2.24, 2.45) is 5.73 Å². The van der Waals surface area contributed by atoms with Crippen molar-refractivity contribution in [2.45, 2.75) is 12.5 Å². The molecule has 0 saturated heterocycles. The Balaban J connectivity index is 2.64. The maximum absolute atomic E-state index is 10.5. The number of hydrogen-bond donors (Lipinski definition) is 2. The molecule has 14 heavy (non-hydrogen) atoms. The van der Waals surface area contributed by atoms with E-state index < -0.39 is 12.0 Å². The Morgan fingerprint density at radius 2 is 2.00 bits per heavy atom. The van der Waals surface area contributed by atoms with Gasteiger partial charge in [-0.15, -0.1) is 0 Å². The molecule has 0 amide bonds. The number of benzene rings is 1. The molecule has 0 radical (unpaired) electrons. The summed E-state index contributed by atoms with van der Waals surface area (Å²) in [7, 11) is 0. The molecule has 74 valence electrons. The number of aliphatic carboxylic acids is 1. The zero-order chi connectivity index (χ0) is 10.6. The quantitative estimate of drug-likeness (QED) is 0.758. The third kappa shape index (κ3) is 2.71. The Labute approximate surface area is 82.9 Å². The lowest BCUT2D eigenvalue weighted by molar-refractivity contribution is -0.138. The van der Waals surface area contributed by atoms with Gasteiger partial charge in [0.15, 0.2) is 0 Å². The molecule has 3 N–H and O–H groups in total. The van der Waals surface area contributed by atoms with Crippen molar-refractivity contribution in [1.82, 2.24) is 0 Å². The van der Waals surface area contributed by atoms with Crippen LogP contribution < -0.4 is 5.73 Å². The Morgan fingerprint density at radius 3 is 2.50 bits per heavy atom. The summed E-state index contributed by atoms with van der Waals surface area (Å²) in [6, 6.07) is 8.56. The molecule has 0 heterocycles. The van der Waals surface area contributed by atoms with E-state index in [1.807, 2.05) is 30.3 Å². The third-order valence-corrected chi connectivity index (χ3v) is 1.97. The van der Waals surface area contributed by atoms with Crippen LogP contribution in [0.2, 0.25) is 0 Å². The molecule has 0 bridgehead atoms. The van der Waals surface area contributed by atoms with Gasteiger partial charge in [0.05, 0.1) is 0 Å². The van der Waals surface area contributed by atoms with E-state index in [0.29, 0.717) is 0 Å². The second kappa shape index (κ2) is 4.58. The Bertz CT molecular complexity index is 332. The second-order valence-electron chi connectivity index (χ2n) is 3.12. The average molecular weight is 191 g/mol. The Hall–Kier alpha value is -1.61. The predicted molar refractivity (Wildman–Crippen MR) is 55.7 cm³/mol. The van der Waals surface area contributed by atoms with Crippen molar-refractivity contribution in [3.63, 3.8) is 0 Å². The van der Waals surface area contributed by atoms with E-state index in [1.54, 1.807) is 0 Å². The van der Waals surface area contributed by atoms with Crippen molar-refractivity contribution in [3.05, 3.63) is 42.5 Å². The van der Waals surface area contributed by atoms with Crippen molar-refractivity contribution in [3.8, 4) is 0 Å². The molecule has 3 nitrogen and oxygen atoms in total. The van der Waals surface area contributed by atoms with Crippen LogP contribution in [-0.4, -0.2) is 17.1 Å². The molecule has 0 unspecified atom stereocenters. The van der Waals surface area contributed by atoms with Gasteiger partial charge in [0.25, 0.3) is 0 Å². The summed E-state index contributed by atoms with van der Waals surface area (Å²) in [5, 5.41) is 8.61. The Kier molecular flexibility index (Phi) is 3.42. The topological polar surface area (TPSA) is 63.3 Å². The predicted octanol–water partition coefficient (Wildman–Crippen LogP) is 1.50. The van der Waals surface area contributed by atoms with Crippen molar-refractivity contribution in [2.75, 3.05) is 0 Å². The summed E-state index contributed by atoms with van der Waals surface area (Å²) in [5.41, 5.74) is 7.08. The molecule has 0 aromatic heterocycles. The van der Waals surface area contributed by atoms with Crippen LogP contribution in [0.25, 0.3) is 5.57 Å². The fourth-order valence-electron chi connectivity index (χ4n) is 1.14. The SMILES string of the molecule is C=C(C[C@@H](N)C(=O)O)c1ccccc1. The van der Waals surface area contributed by atoms with Crippen LogP contribution >= 0.6 is 0 Å². The van der Waals surface area contributed by atoms with Crippen LogP contribution in [0, 0.1) is 0 Å². The van der Waals surface area contributed by atoms with E-state index in [-0.39, 0.29) is 6.42 Å². The Morgan fingerprint density at radius 1 is 1.43 bits per heavy atom.